The van der Waals surface area contributed by atoms with E-state index in [4.69, 9.17) is 15.2 Å². The first kappa shape index (κ1) is 14.5. The van der Waals surface area contributed by atoms with Gasteiger partial charge in [-0.15, -0.1) is 0 Å². The summed E-state index contributed by atoms with van der Waals surface area (Å²) in [7, 11) is 3.15. The number of rotatable bonds is 6. The Morgan fingerprint density at radius 3 is 2.28 bits per heavy atom. The van der Waals surface area contributed by atoms with Crippen LogP contribution >= 0.6 is 0 Å². The fourth-order valence-electron chi connectivity index (χ4n) is 1.82. The summed E-state index contributed by atoms with van der Waals surface area (Å²) in [6, 6.07) is 3.58. The molecular weight excluding hydrogens is 230 g/mol. The van der Waals surface area contributed by atoms with E-state index in [1.807, 2.05) is 19.9 Å². The molecule has 0 aliphatic heterocycles. The second-order valence-corrected chi connectivity index (χ2v) is 4.42. The van der Waals surface area contributed by atoms with Crippen molar-refractivity contribution in [3.63, 3.8) is 0 Å². The van der Waals surface area contributed by atoms with Gasteiger partial charge in [0, 0.05) is 5.92 Å². The first-order valence-electron chi connectivity index (χ1n) is 6.04. The van der Waals surface area contributed by atoms with E-state index in [1.54, 1.807) is 20.3 Å². The summed E-state index contributed by atoms with van der Waals surface area (Å²) in [5.41, 5.74) is 7.07. The maximum Gasteiger partial charge on any atom is 0.169 e. The van der Waals surface area contributed by atoms with Crippen molar-refractivity contribution in [1.29, 1.82) is 0 Å². The van der Waals surface area contributed by atoms with Crippen molar-refractivity contribution >= 4 is 5.78 Å². The molecule has 4 heteroatoms. The molecule has 1 rings (SSSR count). The molecule has 2 N–H and O–H groups in total. The van der Waals surface area contributed by atoms with Crippen LogP contribution in [-0.4, -0.2) is 26.5 Å². The Morgan fingerprint density at radius 2 is 1.83 bits per heavy atom. The van der Waals surface area contributed by atoms with Gasteiger partial charge < -0.3 is 15.2 Å². The zero-order valence-corrected chi connectivity index (χ0v) is 11.4. The normalized spacial score (nSPS) is 10.6. The largest absolute Gasteiger partial charge is 0.496 e. The van der Waals surface area contributed by atoms with Crippen LogP contribution in [0.15, 0.2) is 12.1 Å². The molecule has 0 spiro atoms. The predicted octanol–water partition coefficient (Wildman–Crippen LogP) is 2.04. The van der Waals surface area contributed by atoms with Crippen LogP contribution in [0.25, 0.3) is 0 Å². The van der Waals surface area contributed by atoms with E-state index in [-0.39, 0.29) is 11.7 Å². The monoisotopic (exact) mass is 251 g/mol. The lowest BCUT2D eigenvalue weighted by atomic mass is 9.97. The van der Waals surface area contributed by atoms with Gasteiger partial charge in [0.2, 0.25) is 0 Å². The summed E-state index contributed by atoms with van der Waals surface area (Å²) in [4.78, 5) is 12.1. The standard InChI is InChI=1S/C14H21NO3/c1-9(2)14(16)11-8-12(17-3)10(5-6-15)7-13(11)18-4/h7-9H,5-6,15H2,1-4H3. The quantitative estimate of drug-likeness (QED) is 0.786. The van der Waals surface area contributed by atoms with E-state index >= 15 is 0 Å². The van der Waals surface area contributed by atoms with Crippen molar-refractivity contribution in [2.24, 2.45) is 11.7 Å². The molecule has 0 bridgehead atoms. The fourth-order valence-corrected chi connectivity index (χ4v) is 1.82. The number of ether oxygens (including phenoxy) is 2. The Kier molecular flexibility index (Phi) is 5.16. The van der Waals surface area contributed by atoms with Crippen molar-refractivity contribution in [3.05, 3.63) is 23.3 Å². The van der Waals surface area contributed by atoms with Crippen molar-refractivity contribution in [3.8, 4) is 11.5 Å². The minimum absolute atomic E-state index is 0.0458. The Bertz CT molecular complexity index is 427. The first-order chi connectivity index (χ1) is 8.54. The Hall–Kier alpha value is -1.55. The lowest BCUT2D eigenvalue weighted by Crippen LogP contribution is -2.11. The van der Waals surface area contributed by atoms with Gasteiger partial charge in [0.1, 0.15) is 11.5 Å². The Balaban J connectivity index is 3.30. The molecule has 0 amide bonds. The summed E-state index contributed by atoms with van der Waals surface area (Å²) in [6.45, 7) is 4.25. The molecule has 0 aliphatic carbocycles. The van der Waals surface area contributed by atoms with Gasteiger partial charge in [-0.1, -0.05) is 13.8 Å². The lowest BCUT2D eigenvalue weighted by Gasteiger charge is -2.15. The van der Waals surface area contributed by atoms with Crippen LogP contribution in [-0.2, 0) is 6.42 Å². The minimum Gasteiger partial charge on any atom is -0.496 e. The fraction of sp³-hybridized carbons (Fsp3) is 0.500. The van der Waals surface area contributed by atoms with E-state index in [2.05, 4.69) is 0 Å². The molecule has 4 nitrogen and oxygen atoms in total. The molecule has 1 aromatic rings. The van der Waals surface area contributed by atoms with Gasteiger partial charge in [-0.25, -0.2) is 0 Å². The molecule has 0 aromatic heterocycles. The van der Waals surface area contributed by atoms with E-state index < -0.39 is 0 Å². The summed E-state index contributed by atoms with van der Waals surface area (Å²) in [5, 5.41) is 0. The smallest absolute Gasteiger partial charge is 0.169 e. The number of nitrogens with two attached hydrogens (primary N) is 1. The zero-order valence-electron chi connectivity index (χ0n) is 11.4. The number of carbonyl (C=O) groups excluding carboxylic acids is 1. The van der Waals surface area contributed by atoms with E-state index in [0.29, 0.717) is 30.0 Å². The van der Waals surface area contributed by atoms with E-state index in [0.717, 1.165) is 5.56 Å². The van der Waals surface area contributed by atoms with Crippen molar-refractivity contribution < 1.29 is 14.3 Å². The molecule has 0 saturated carbocycles. The first-order valence-corrected chi connectivity index (χ1v) is 6.04. The number of methoxy groups -OCH3 is 2. The number of hydrogen-bond donors (Lipinski definition) is 1. The topological polar surface area (TPSA) is 61.5 Å². The van der Waals surface area contributed by atoms with Crippen molar-refractivity contribution in [1.82, 2.24) is 0 Å². The molecule has 0 heterocycles. The van der Waals surface area contributed by atoms with Gasteiger partial charge in [0.25, 0.3) is 0 Å². The second kappa shape index (κ2) is 6.40. The van der Waals surface area contributed by atoms with E-state index in [9.17, 15) is 4.79 Å². The van der Waals surface area contributed by atoms with Gasteiger partial charge in [-0.2, -0.15) is 0 Å². The maximum atomic E-state index is 12.1. The summed E-state index contributed by atoms with van der Waals surface area (Å²) >= 11 is 0. The van der Waals surface area contributed by atoms with Crippen LogP contribution in [0.4, 0.5) is 0 Å². The maximum absolute atomic E-state index is 12.1. The van der Waals surface area contributed by atoms with Crippen LogP contribution in [0.1, 0.15) is 29.8 Å². The molecule has 0 saturated heterocycles. The highest BCUT2D eigenvalue weighted by atomic mass is 16.5. The number of carbonyl (C=O) groups is 1. The van der Waals surface area contributed by atoms with Crippen molar-refractivity contribution in [2.75, 3.05) is 20.8 Å². The molecule has 0 unspecified atom stereocenters. The second-order valence-electron chi connectivity index (χ2n) is 4.42. The van der Waals surface area contributed by atoms with Crippen LogP contribution in [0.2, 0.25) is 0 Å². The van der Waals surface area contributed by atoms with Crippen LogP contribution in [0, 0.1) is 5.92 Å². The average Bonchev–Trinajstić information content (AvgIpc) is 2.37. The van der Waals surface area contributed by atoms with Gasteiger partial charge in [0.05, 0.1) is 19.8 Å². The highest BCUT2D eigenvalue weighted by Crippen LogP contribution is 2.30. The molecule has 0 fully saturated rings. The predicted molar refractivity (Wildman–Crippen MR) is 71.5 cm³/mol. The number of benzene rings is 1. The number of ketones is 1. The molecular formula is C14H21NO3. The molecule has 1 aromatic carbocycles. The summed E-state index contributed by atoms with van der Waals surface area (Å²) in [5.74, 6) is 1.23. The molecule has 0 atom stereocenters. The van der Waals surface area contributed by atoms with Gasteiger partial charge in [0.15, 0.2) is 5.78 Å². The third-order valence-corrected chi connectivity index (χ3v) is 2.81. The molecule has 0 aliphatic rings. The highest BCUT2D eigenvalue weighted by Gasteiger charge is 2.18. The molecule has 18 heavy (non-hydrogen) atoms. The zero-order chi connectivity index (χ0) is 13.7. The van der Waals surface area contributed by atoms with Gasteiger partial charge in [-0.3, -0.25) is 4.79 Å². The Labute approximate surface area is 108 Å². The summed E-state index contributed by atoms with van der Waals surface area (Å²) < 4.78 is 10.6. The number of Topliss-reactive ketones (excluding diaryl/α,β-unsaturated/α-hetero) is 1. The third kappa shape index (κ3) is 3.01. The van der Waals surface area contributed by atoms with Crippen molar-refractivity contribution in [2.45, 2.75) is 20.3 Å². The minimum atomic E-state index is -0.0797. The third-order valence-electron chi connectivity index (χ3n) is 2.81. The lowest BCUT2D eigenvalue weighted by molar-refractivity contribution is 0.0936. The van der Waals surface area contributed by atoms with E-state index in [1.165, 1.54) is 0 Å². The van der Waals surface area contributed by atoms with Crippen LogP contribution in [0.3, 0.4) is 0 Å². The average molecular weight is 251 g/mol. The molecule has 100 valence electrons. The van der Waals surface area contributed by atoms with Gasteiger partial charge in [-0.05, 0) is 30.7 Å². The van der Waals surface area contributed by atoms with Crippen LogP contribution < -0.4 is 15.2 Å². The van der Waals surface area contributed by atoms with Crippen LogP contribution in [0.5, 0.6) is 11.5 Å². The van der Waals surface area contributed by atoms with Gasteiger partial charge >= 0.3 is 0 Å². The molecule has 0 radical (unpaired) electrons. The highest BCUT2D eigenvalue weighted by molar-refractivity contribution is 6.00. The Morgan fingerprint density at radius 1 is 1.22 bits per heavy atom. The SMILES string of the molecule is COc1cc(C(=O)C(C)C)c(OC)cc1CCN. The number of hydrogen-bond acceptors (Lipinski definition) is 4. The summed E-state index contributed by atoms with van der Waals surface area (Å²) in [6.07, 6.45) is 0.690.